The third kappa shape index (κ3) is 1.48. The highest BCUT2D eigenvalue weighted by atomic mass is 19.1. The lowest BCUT2D eigenvalue weighted by Crippen LogP contribution is -2.15. The largest absolute Gasteiger partial charge is 0.207 e. The van der Waals surface area contributed by atoms with Crippen LogP contribution in [-0.2, 0) is 6.42 Å². The van der Waals surface area contributed by atoms with E-state index in [0.717, 1.165) is 12.3 Å². The van der Waals surface area contributed by atoms with Gasteiger partial charge < -0.3 is 0 Å². The zero-order valence-electron chi connectivity index (χ0n) is 8.18. The highest BCUT2D eigenvalue weighted by Crippen LogP contribution is 2.35. The van der Waals surface area contributed by atoms with Gasteiger partial charge in [0.05, 0.1) is 0 Å². The summed E-state index contributed by atoms with van der Waals surface area (Å²) in [5.74, 6) is 1.22. The standard InChI is InChI=1S/C12H15F/c1-8-3-4-10-7-11(13)5-6-12(10)9(8)2/h5-9H,3-4H2,1-2H3. The topological polar surface area (TPSA) is 0 Å². The van der Waals surface area contributed by atoms with Gasteiger partial charge in [-0.2, -0.15) is 0 Å². The quantitative estimate of drug-likeness (QED) is 0.570. The summed E-state index contributed by atoms with van der Waals surface area (Å²) in [5.41, 5.74) is 2.56. The second kappa shape index (κ2) is 3.13. The molecule has 70 valence electrons. The van der Waals surface area contributed by atoms with Crippen molar-refractivity contribution < 1.29 is 4.39 Å². The van der Waals surface area contributed by atoms with Crippen LogP contribution >= 0.6 is 0 Å². The van der Waals surface area contributed by atoms with Gasteiger partial charge >= 0.3 is 0 Å². The fraction of sp³-hybridized carbons (Fsp3) is 0.500. The first kappa shape index (κ1) is 8.74. The Balaban J connectivity index is 2.44. The molecule has 1 aromatic carbocycles. The molecule has 0 aliphatic heterocycles. The van der Waals surface area contributed by atoms with E-state index >= 15 is 0 Å². The Morgan fingerprint density at radius 1 is 1.31 bits per heavy atom. The number of hydrogen-bond acceptors (Lipinski definition) is 0. The molecule has 0 spiro atoms. The predicted octanol–water partition coefficient (Wildman–Crippen LogP) is 3.51. The Morgan fingerprint density at radius 3 is 2.85 bits per heavy atom. The third-order valence-corrected chi connectivity index (χ3v) is 3.32. The maximum Gasteiger partial charge on any atom is 0.123 e. The Hall–Kier alpha value is -0.850. The lowest BCUT2D eigenvalue weighted by molar-refractivity contribution is 0.424. The Morgan fingerprint density at radius 2 is 2.08 bits per heavy atom. The van der Waals surface area contributed by atoms with Crippen LogP contribution in [0.25, 0.3) is 0 Å². The average Bonchev–Trinajstić information content (AvgIpc) is 2.12. The number of aryl methyl sites for hydroxylation is 1. The summed E-state index contributed by atoms with van der Waals surface area (Å²) in [5, 5.41) is 0. The molecular formula is C12H15F. The zero-order valence-corrected chi connectivity index (χ0v) is 8.18. The van der Waals surface area contributed by atoms with Gasteiger partial charge in [0.15, 0.2) is 0 Å². The molecule has 0 bridgehead atoms. The van der Waals surface area contributed by atoms with Crippen molar-refractivity contribution in [2.75, 3.05) is 0 Å². The monoisotopic (exact) mass is 178 g/mol. The molecule has 0 amide bonds. The normalized spacial score (nSPS) is 27.0. The molecule has 2 unspecified atom stereocenters. The minimum Gasteiger partial charge on any atom is -0.207 e. The van der Waals surface area contributed by atoms with Gasteiger partial charge in [0.2, 0.25) is 0 Å². The van der Waals surface area contributed by atoms with Crippen molar-refractivity contribution >= 4 is 0 Å². The van der Waals surface area contributed by atoms with Crippen LogP contribution in [0.1, 0.15) is 37.3 Å². The van der Waals surface area contributed by atoms with Crippen molar-refractivity contribution in [1.82, 2.24) is 0 Å². The van der Waals surface area contributed by atoms with Crippen molar-refractivity contribution in [1.29, 1.82) is 0 Å². The van der Waals surface area contributed by atoms with Gasteiger partial charge in [-0.15, -0.1) is 0 Å². The smallest absolute Gasteiger partial charge is 0.123 e. The van der Waals surface area contributed by atoms with Crippen LogP contribution in [0.5, 0.6) is 0 Å². The van der Waals surface area contributed by atoms with Crippen molar-refractivity contribution in [2.24, 2.45) is 5.92 Å². The summed E-state index contributed by atoms with van der Waals surface area (Å²) in [6.45, 7) is 4.51. The lowest BCUT2D eigenvalue weighted by atomic mass is 9.77. The minimum absolute atomic E-state index is 0.0968. The van der Waals surface area contributed by atoms with Crippen LogP contribution in [0.4, 0.5) is 4.39 Å². The van der Waals surface area contributed by atoms with E-state index in [1.165, 1.54) is 17.5 Å². The van der Waals surface area contributed by atoms with Crippen molar-refractivity contribution in [3.63, 3.8) is 0 Å². The predicted molar refractivity (Wildman–Crippen MR) is 52.3 cm³/mol. The molecule has 1 heteroatoms. The second-order valence-electron chi connectivity index (χ2n) is 4.15. The summed E-state index contributed by atoms with van der Waals surface area (Å²) in [6.07, 6.45) is 2.23. The number of halogens is 1. The van der Waals surface area contributed by atoms with Gasteiger partial charge in [0, 0.05) is 0 Å². The van der Waals surface area contributed by atoms with Crippen LogP contribution in [0, 0.1) is 11.7 Å². The van der Waals surface area contributed by atoms with Crippen molar-refractivity contribution in [2.45, 2.75) is 32.6 Å². The van der Waals surface area contributed by atoms with Gasteiger partial charge in [0.25, 0.3) is 0 Å². The molecular weight excluding hydrogens is 163 g/mol. The van der Waals surface area contributed by atoms with Crippen molar-refractivity contribution in [3.05, 3.63) is 35.1 Å². The van der Waals surface area contributed by atoms with E-state index in [-0.39, 0.29) is 5.82 Å². The zero-order chi connectivity index (χ0) is 9.42. The Bertz CT molecular complexity index is 317. The Labute approximate surface area is 78.8 Å². The molecule has 0 heterocycles. The molecule has 0 fully saturated rings. The molecule has 2 atom stereocenters. The van der Waals surface area contributed by atoms with Crippen LogP contribution in [0.3, 0.4) is 0 Å². The van der Waals surface area contributed by atoms with E-state index in [1.807, 2.05) is 6.07 Å². The van der Waals surface area contributed by atoms with Crippen LogP contribution in [0.15, 0.2) is 18.2 Å². The molecule has 13 heavy (non-hydrogen) atoms. The van der Waals surface area contributed by atoms with Gasteiger partial charge in [0.1, 0.15) is 5.82 Å². The van der Waals surface area contributed by atoms with Gasteiger partial charge in [-0.05, 0) is 47.9 Å². The van der Waals surface area contributed by atoms with Crippen LogP contribution in [0.2, 0.25) is 0 Å². The lowest BCUT2D eigenvalue weighted by Gasteiger charge is -2.28. The molecule has 2 rings (SSSR count). The third-order valence-electron chi connectivity index (χ3n) is 3.32. The maximum absolute atomic E-state index is 12.9. The SMILES string of the molecule is CC1CCc2cc(F)ccc2C1C. The molecule has 1 aromatic rings. The van der Waals surface area contributed by atoms with E-state index < -0.39 is 0 Å². The molecule has 0 radical (unpaired) electrons. The summed E-state index contributed by atoms with van der Waals surface area (Å²) in [6, 6.07) is 5.22. The molecule has 0 aromatic heterocycles. The summed E-state index contributed by atoms with van der Waals surface area (Å²) >= 11 is 0. The molecule has 0 saturated heterocycles. The summed E-state index contributed by atoms with van der Waals surface area (Å²) < 4.78 is 12.9. The summed E-state index contributed by atoms with van der Waals surface area (Å²) in [4.78, 5) is 0. The van der Waals surface area contributed by atoms with Crippen LogP contribution in [-0.4, -0.2) is 0 Å². The van der Waals surface area contributed by atoms with Gasteiger partial charge in [-0.3, -0.25) is 0 Å². The van der Waals surface area contributed by atoms with Gasteiger partial charge in [-0.1, -0.05) is 19.9 Å². The molecule has 0 N–H and O–H groups in total. The first-order valence-electron chi connectivity index (χ1n) is 4.97. The highest BCUT2D eigenvalue weighted by molar-refractivity contribution is 5.33. The number of rotatable bonds is 0. The van der Waals surface area contributed by atoms with E-state index in [9.17, 15) is 4.39 Å². The van der Waals surface area contributed by atoms with Crippen LogP contribution < -0.4 is 0 Å². The van der Waals surface area contributed by atoms with E-state index in [4.69, 9.17) is 0 Å². The fourth-order valence-electron chi connectivity index (χ4n) is 2.17. The van der Waals surface area contributed by atoms with Crippen molar-refractivity contribution in [3.8, 4) is 0 Å². The average molecular weight is 178 g/mol. The molecule has 1 aliphatic rings. The number of hydrogen-bond donors (Lipinski definition) is 0. The van der Waals surface area contributed by atoms with E-state index in [2.05, 4.69) is 13.8 Å². The van der Waals surface area contributed by atoms with E-state index in [1.54, 1.807) is 12.1 Å². The van der Waals surface area contributed by atoms with E-state index in [0.29, 0.717) is 5.92 Å². The highest BCUT2D eigenvalue weighted by Gasteiger charge is 2.22. The fourth-order valence-corrected chi connectivity index (χ4v) is 2.17. The first-order chi connectivity index (χ1) is 6.18. The molecule has 0 nitrogen and oxygen atoms in total. The Kier molecular flexibility index (Phi) is 2.10. The second-order valence-corrected chi connectivity index (χ2v) is 4.15. The summed E-state index contributed by atoms with van der Waals surface area (Å²) in [7, 11) is 0. The number of fused-ring (bicyclic) bond motifs is 1. The number of benzene rings is 1. The maximum atomic E-state index is 12.9. The van der Waals surface area contributed by atoms with Gasteiger partial charge in [-0.25, -0.2) is 4.39 Å². The molecule has 0 saturated carbocycles. The first-order valence-corrected chi connectivity index (χ1v) is 4.97. The minimum atomic E-state index is -0.0968. The molecule has 1 aliphatic carbocycles.